The molecule has 0 aliphatic rings. The van der Waals surface area contributed by atoms with E-state index in [4.69, 9.17) is 5.73 Å². The van der Waals surface area contributed by atoms with Crippen molar-refractivity contribution in [2.45, 2.75) is 33.2 Å². The third-order valence-corrected chi connectivity index (χ3v) is 3.65. The number of aromatic nitrogens is 2. The second-order valence-corrected chi connectivity index (χ2v) is 5.89. The summed E-state index contributed by atoms with van der Waals surface area (Å²) in [5.74, 6) is 0.232. The number of pyridine rings is 1. The molecule has 2 aromatic heterocycles. The lowest BCUT2D eigenvalue weighted by molar-refractivity contribution is 0.0950. The monoisotopic (exact) mass is 290 g/mol. The van der Waals surface area contributed by atoms with E-state index in [0.29, 0.717) is 17.9 Å². The van der Waals surface area contributed by atoms with E-state index in [1.165, 1.54) is 0 Å². The summed E-state index contributed by atoms with van der Waals surface area (Å²) >= 11 is 1.58. The summed E-state index contributed by atoms with van der Waals surface area (Å²) in [7, 11) is 0. The van der Waals surface area contributed by atoms with Crippen LogP contribution in [0.25, 0.3) is 0 Å². The van der Waals surface area contributed by atoms with E-state index < -0.39 is 0 Å². The maximum absolute atomic E-state index is 12.1. The van der Waals surface area contributed by atoms with Gasteiger partial charge in [-0.05, 0) is 25.5 Å². The molecule has 2 aromatic rings. The molecular formula is C14H18N4OS. The van der Waals surface area contributed by atoms with E-state index in [0.717, 1.165) is 28.4 Å². The van der Waals surface area contributed by atoms with Gasteiger partial charge in [-0.1, -0.05) is 13.3 Å². The summed E-state index contributed by atoms with van der Waals surface area (Å²) in [6, 6.07) is 3.39. The quantitative estimate of drug-likeness (QED) is 0.885. The van der Waals surface area contributed by atoms with Crippen LogP contribution in [-0.4, -0.2) is 15.9 Å². The van der Waals surface area contributed by atoms with Gasteiger partial charge in [-0.2, -0.15) is 0 Å². The SMILES string of the molecule is CCCc1cc(C(=O)NCc2ncc(C)s2)cc(N)n1. The molecule has 0 fully saturated rings. The van der Waals surface area contributed by atoms with Crippen LogP contribution >= 0.6 is 11.3 Å². The van der Waals surface area contributed by atoms with Crippen LogP contribution in [0, 0.1) is 6.92 Å². The molecule has 0 saturated carbocycles. The van der Waals surface area contributed by atoms with Gasteiger partial charge in [0.2, 0.25) is 0 Å². The molecule has 6 heteroatoms. The van der Waals surface area contributed by atoms with Crippen molar-refractivity contribution in [3.63, 3.8) is 0 Å². The topological polar surface area (TPSA) is 80.9 Å². The summed E-state index contributed by atoms with van der Waals surface area (Å²) in [6.45, 7) is 4.49. The molecule has 2 rings (SSSR count). The minimum Gasteiger partial charge on any atom is -0.384 e. The lowest BCUT2D eigenvalue weighted by Crippen LogP contribution is -2.23. The van der Waals surface area contributed by atoms with Gasteiger partial charge in [-0.15, -0.1) is 11.3 Å². The molecule has 0 aliphatic heterocycles. The Kier molecular flexibility index (Phi) is 4.68. The Morgan fingerprint density at radius 1 is 1.45 bits per heavy atom. The maximum atomic E-state index is 12.1. The first-order chi connectivity index (χ1) is 9.58. The first-order valence-corrected chi connectivity index (χ1v) is 7.36. The number of nitrogens with two attached hydrogens (primary N) is 1. The minimum absolute atomic E-state index is 0.149. The van der Waals surface area contributed by atoms with Crippen LogP contribution < -0.4 is 11.1 Å². The summed E-state index contributed by atoms with van der Waals surface area (Å²) in [5, 5.41) is 3.75. The van der Waals surface area contributed by atoms with E-state index in [9.17, 15) is 4.79 Å². The summed E-state index contributed by atoms with van der Waals surface area (Å²) < 4.78 is 0. The van der Waals surface area contributed by atoms with Crippen LogP contribution in [0.2, 0.25) is 0 Å². The lowest BCUT2D eigenvalue weighted by atomic mass is 10.1. The molecule has 0 saturated heterocycles. The van der Waals surface area contributed by atoms with Gasteiger partial charge < -0.3 is 11.1 Å². The average Bonchev–Trinajstić information content (AvgIpc) is 2.81. The Balaban J connectivity index is 2.04. The van der Waals surface area contributed by atoms with E-state index >= 15 is 0 Å². The molecule has 0 spiro atoms. The van der Waals surface area contributed by atoms with Crippen molar-refractivity contribution >= 4 is 23.1 Å². The fourth-order valence-corrected chi connectivity index (χ4v) is 2.59. The largest absolute Gasteiger partial charge is 0.384 e. The lowest BCUT2D eigenvalue weighted by Gasteiger charge is -2.06. The number of amides is 1. The van der Waals surface area contributed by atoms with Gasteiger partial charge in [0, 0.05) is 22.3 Å². The van der Waals surface area contributed by atoms with Crippen LogP contribution in [0.3, 0.4) is 0 Å². The fraction of sp³-hybridized carbons (Fsp3) is 0.357. The number of anilines is 1. The molecule has 0 aliphatic carbocycles. The molecule has 1 amide bonds. The first kappa shape index (κ1) is 14.5. The highest BCUT2D eigenvalue weighted by Gasteiger charge is 2.09. The molecule has 0 radical (unpaired) electrons. The van der Waals surface area contributed by atoms with Gasteiger partial charge in [0.05, 0.1) is 6.54 Å². The second-order valence-electron chi connectivity index (χ2n) is 4.57. The molecular weight excluding hydrogens is 272 g/mol. The Morgan fingerprint density at radius 2 is 2.25 bits per heavy atom. The van der Waals surface area contributed by atoms with Crippen molar-refractivity contribution in [2.75, 3.05) is 5.73 Å². The van der Waals surface area contributed by atoms with Crippen molar-refractivity contribution in [1.82, 2.24) is 15.3 Å². The zero-order valence-corrected chi connectivity index (χ0v) is 12.5. The number of hydrogen-bond donors (Lipinski definition) is 2. The van der Waals surface area contributed by atoms with Crippen LogP contribution in [0.5, 0.6) is 0 Å². The van der Waals surface area contributed by atoms with Gasteiger partial charge in [0.1, 0.15) is 10.8 Å². The molecule has 5 nitrogen and oxygen atoms in total. The Labute approximate surface area is 122 Å². The first-order valence-electron chi connectivity index (χ1n) is 6.54. The zero-order chi connectivity index (χ0) is 14.5. The Morgan fingerprint density at radius 3 is 2.90 bits per heavy atom. The van der Waals surface area contributed by atoms with Crippen molar-refractivity contribution in [1.29, 1.82) is 0 Å². The smallest absolute Gasteiger partial charge is 0.251 e. The summed E-state index contributed by atoms with van der Waals surface area (Å²) in [4.78, 5) is 21.7. The van der Waals surface area contributed by atoms with Crippen LogP contribution in [0.4, 0.5) is 5.82 Å². The molecule has 3 N–H and O–H groups in total. The number of thiazole rings is 1. The predicted molar refractivity (Wildman–Crippen MR) is 80.7 cm³/mol. The molecule has 0 atom stereocenters. The molecule has 0 bridgehead atoms. The van der Waals surface area contributed by atoms with Gasteiger partial charge in [0.25, 0.3) is 5.91 Å². The number of carbonyl (C=O) groups excluding carboxylic acids is 1. The highest BCUT2D eigenvalue weighted by Crippen LogP contribution is 2.12. The normalized spacial score (nSPS) is 10.5. The second kappa shape index (κ2) is 6.47. The fourth-order valence-electron chi connectivity index (χ4n) is 1.87. The molecule has 106 valence electrons. The zero-order valence-electron chi connectivity index (χ0n) is 11.6. The molecule has 20 heavy (non-hydrogen) atoms. The van der Waals surface area contributed by atoms with Crippen molar-refractivity contribution in [2.24, 2.45) is 0 Å². The van der Waals surface area contributed by atoms with Gasteiger partial charge in [-0.3, -0.25) is 4.79 Å². The third kappa shape index (κ3) is 3.77. The van der Waals surface area contributed by atoms with Crippen molar-refractivity contribution < 1.29 is 4.79 Å². The maximum Gasteiger partial charge on any atom is 0.251 e. The minimum atomic E-state index is -0.149. The summed E-state index contributed by atoms with van der Waals surface area (Å²) in [5.41, 5.74) is 7.14. The van der Waals surface area contributed by atoms with Crippen LogP contribution in [-0.2, 0) is 13.0 Å². The third-order valence-electron chi connectivity index (χ3n) is 2.74. The average molecular weight is 290 g/mol. The summed E-state index contributed by atoms with van der Waals surface area (Å²) in [6.07, 6.45) is 3.59. The van der Waals surface area contributed by atoms with Crippen molar-refractivity contribution in [3.05, 3.63) is 39.5 Å². The molecule has 0 unspecified atom stereocenters. The van der Waals surface area contributed by atoms with Crippen molar-refractivity contribution in [3.8, 4) is 0 Å². The molecule has 2 heterocycles. The number of carbonyl (C=O) groups is 1. The van der Waals surface area contributed by atoms with Crippen LogP contribution in [0.1, 0.15) is 39.3 Å². The van der Waals surface area contributed by atoms with Crippen LogP contribution in [0.15, 0.2) is 18.3 Å². The highest BCUT2D eigenvalue weighted by molar-refractivity contribution is 7.11. The number of aryl methyl sites for hydroxylation is 2. The van der Waals surface area contributed by atoms with Gasteiger partial charge >= 0.3 is 0 Å². The number of nitrogens with one attached hydrogen (secondary N) is 1. The Hall–Kier alpha value is -1.95. The number of nitrogens with zero attached hydrogens (tertiary/aromatic N) is 2. The van der Waals surface area contributed by atoms with E-state index in [2.05, 4.69) is 22.2 Å². The van der Waals surface area contributed by atoms with Gasteiger partial charge in [-0.25, -0.2) is 9.97 Å². The predicted octanol–water partition coefficient (Wildman–Crippen LogP) is 2.31. The number of rotatable bonds is 5. The standard InChI is InChI=1S/C14H18N4OS/c1-3-4-11-5-10(6-12(15)18-11)14(19)17-8-13-16-7-9(2)20-13/h5-7H,3-4,8H2,1-2H3,(H2,15,18)(H,17,19). The highest BCUT2D eigenvalue weighted by atomic mass is 32.1. The Bertz CT molecular complexity index is 609. The van der Waals surface area contributed by atoms with Gasteiger partial charge in [0.15, 0.2) is 0 Å². The molecule has 0 aromatic carbocycles. The van der Waals surface area contributed by atoms with E-state index in [-0.39, 0.29) is 5.91 Å². The number of hydrogen-bond acceptors (Lipinski definition) is 5. The number of nitrogen functional groups attached to an aromatic ring is 1. The van der Waals surface area contributed by atoms with E-state index in [1.54, 1.807) is 29.7 Å². The van der Waals surface area contributed by atoms with E-state index in [1.807, 2.05) is 6.92 Å².